The normalized spacial score (nSPS) is 13.3. The van der Waals surface area contributed by atoms with Gasteiger partial charge in [-0.1, -0.05) is 19.4 Å². The number of benzene rings is 1. The van der Waals surface area contributed by atoms with Crippen LogP contribution in [0.1, 0.15) is 48.2 Å². The van der Waals surface area contributed by atoms with Crippen molar-refractivity contribution in [3.63, 3.8) is 0 Å². The third-order valence-corrected chi connectivity index (χ3v) is 3.03. The van der Waals surface area contributed by atoms with Crippen LogP contribution in [0.4, 0.5) is 13.2 Å². The van der Waals surface area contributed by atoms with Crippen molar-refractivity contribution in [2.45, 2.75) is 45.9 Å². The molecule has 1 atom stereocenters. The van der Waals surface area contributed by atoms with Gasteiger partial charge in [-0.25, -0.2) is 0 Å². The Morgan fingerprint density at radius 3 is 2.40 bits per heavy atom. The molecule has 1 aromatic rings. The predicted molar refractivity (Wildman–Crippen MR) is 70.8 cm³/mol. The number of ether oxygens (including phenoxy) is 1. The second-order valence-electron chi connectivity index (χ2n) is 4.62. The van der Waals surface area contributed by atoms with E-state index in [1.54, 1.807) is 6.92 Å². The van der Waals surface area contributed by atoms with Crippen LogP contribution in [0.2, 0.25) is 0 Å². The highest BCUT2D eigenvalue weighted by Gasteiger charge is 2.31. The lowest BCUT2D eigenvalue weighted by molar-refractivity contribution is -0.137. The molecule has 0 aromatic heterocycles. The molecular weight excluding hydrogens is 269 g/mol. The van der Waals surface area contributed by atoms with Crippen LogP contribution < -0.4 is 0 Å². The van der Waals surface area contributed by atoms with Crippen LogP contribution >= 0.6 is 0 Å². The molecule has 0 amide bonds. The van der Waals surface area contributed by atoms with Crippen LogP contribution in [0.25, 0.3) is 0 Å². The number of rotatable bonds is 6. The first kappa shape index (κ1) is 16.7. The van der Waals surface area contributed by atoms with Gasteiger partial charge in [0.05, 0.1) is 5.56 Å². The van der Waals surface area contributed by atoms with Gasteiger partial charge in [-0.05, 0) is 38.0 Å². The lowest BCUT2D eigenvalue weighted by Gasteiger charge is -2.17. The van der Waals surface area contributed by atoms with E-state index in [4.69, 9.17) is 4.74 Å². The molecule has 0 saturated carbocycles. The third-order valence-electron chi connectivity index (χ3n) is 3.03. The minimum atomic E-state index is -4.39. The maximum atomic E-state index is 12.6. The summed E-state index contributed by atoms with van der Waals surface area (Å²) in [5.74, 6) is -0.250. The SMILES string of the molecule is CCCC(OCC)C(=O)c1ccc(C(F)(F)F)cc1C. The Balaban J connectivity index is 3.04. The number of alkyl halides is 3. The molecular formula is C15H19F3O2. The first-order valence-corrected chi connectivity index (χ1v) is 6.64. The number of carbonyl (C=O) groups excluding carboxylic acids is 1. The van der Waals surface area contributed by atoms with Crippen molar-refractivity contribution in [1.82, 2.24) is 0 Å². The van der Waals surface area contributed by atoms with E-state index in [0.717, 1.165) is 18.6 Å². The van der Waals surface area contributed by atoms with Crippen molar-refractivity contribution in [2.75, 3.05) is 6.61 Å². The summed E-state index contributed by atoms with van der Waals surface area (Å²) in [4.78, 5) is 12.3. The Morgan fingerprint density at radius 2 is 1.95 bits per heavy atom. The van der Waals surface area contributed by atoms with Gasteiger partial charge in [-0.2, -0.15) is 13.2 Å². The second kappa shape index (κ2) is 6.88. The molecule has 0 aliphatic heterocycles. The van der Waals surface area contributed by atoms with Crippen molar-refractivity contribution < 1.29 is 22.7 Å². The zero-order chi connectivity index (χ0) is 15.3. The largest absolute Gasteiger partial charge is 0.416 e. The van der Waals surface area contributed by atoms with Gasteiger partial charge in [-0.15, -0.1) is 0 Å². The number of hydrogen-bond donors (Lipinski definition) is 0. The van der Waals surface area contributed by atoms with Crippen LogP contribution in [0.5, 0.6) is 0 Å². The highest BCUT2D eigenvalue weighted by Crippen LogP contribution is 2.30. The van der Waals surface area contributed by atoms with Gasteiger partial charge >= 0.3 is 6.18 Å². The molecule has 2 nitrogen and oxygen atoms in total. The van der Waals surface area contributed by atoms with Crippen molar-refractivity contribution in [3.05, 3.63) is 34.9 Å². The van der Waals surface area contributed by atoms with Gasteiger partial charge in [0.25, 0.3) is 0 Å². The summed E-state index contributed by atoms with van der Waals surface area (Å²) in [6.07, 6.45) is -3.64. The topological polar surface area (TPSA) is 26.3 Å². The lowest BCUT2D eigenvalue weighted by atomic mass is 9.97. The van der Waals surface area contributed by atoms with E-state index in [2.05, 4.69) is 0 Å². The number of halogens is 3. The molecule has 0 saturated heterocycles. The van der Waals surface area contributed by atoms with E-state index < -0.39 is 17.8 Å². The molecule has 0 spiro atoms. The number of aryl methyl sites for hydroxylation is 1. The van der Waals surface area contributed by atoms with E-state index in [-0.39, 0.29) is 5.78 Å². The van der Waals surface area contributed by atoms with Gasteiger partial charge in [0, 0.05) is 12.2 Å². The molecule has 0 fully saturated rings. The molecule has 1 aromatic carbocycles. The molecule has 0 bridgehead atoms. The average molecular weight is 288 g/mol. The summed E-state index contributed by atoms with van der Waals surface area (Å²) in [5.41, 5.74) is -0.120. The first-order valence-electron chi connectivity index (χ1n) is 6.64. The molecule has 1 unspecified atom stereocenters. The maximum absolute atomic E-state index is 12.6. The van der Waals surface area contributed by atoms with E-state index in [1.807, 2.05) is 6.92 Å². The lowest BCUT2D eigenvalue weighted by Crippen LogP contribution is -2.25. The van der Waals surface area contributed by atoms with Gasteiger partial charge in [0.1, 0.15) is 6.10 Å². The molecule has 20 heavy (non-hydrogen) atoms. The molecule has 1 rings (SSSR count). The summed E-state index contributed by atoms with van der Waals surface area (Å²) in [5, 5.41) is 0. The number of Topliss-reactive ketones (excluding diaryl/α,β-unsaturated/α-hetero) is 1. The fraction of sp³-hybridized carbons (Fsp3) is 0.533. The van der Waals surface area contributed by atoms with Crippen molar-refractivity contribution in [2.24, 2.45) is 0 Å². The Bertz CT molecular complexity index is 461. The highest BCUT2D eigenvalue weighted by molar-refractivity contribution is 6.00. The first-order chi connectivity index (χ1) is 9.31. The zero-order valence-corrected chi connectivity index (χ0v) is 11.9. The second-order valence-corrected chi connectivity index (χ2v) is 4.62. The van der Waals surface area contributed by atoms with Gasteiger partial charge in [0.2, 0.25) is 0 Å². The molecule has 0 aliphatic rings. The highest BCUT2D eigenvalue weighted by atomic mass is 19.4. The van der Waals surface area contributed by atoms with Gasteiger partial charge in [0.15, 0.2) is 5.78 Å². The number of ketones is 1. The molecule has 0 heterocycles. The van der Waals surface area contributed by atoms with Crippen molar-refractivity contribution >= 4 is 5.78 Å². The van der Waals surface area contributed by atoms with Gasteiger partial charge < -0.3 is 4.74 Å². The maximum Gasteiger partial charge on any atom is 0.416 e. The quantitative estimate of drug-likeness (QED) is 0.725. The summed E-state index contributed by atoms with van der Waals surface area (Å²) < 4.78 is 43.2. The van der Waals surface area contributed by atoms with Crippen molar-refractivity contribution in [1.29, 1.82) is 0 Å². The summed E-state index contributed by atoms with van der Waals surface area (Å²) in [7, 11) is 0. The fourth-order valence-electron chi connectivity index (χ4n) is 2.04. The van der Waals surface area contributed by atoms with Crippen LogP contribution in [0.3, 0.4) is 0 Å². The molecule has 0 N–H and O–H groups in total. The third kappa shape index (κ3) is 4.07. The fourth-order valence-corrected chi connectivity index (χ4v) is 2.04. The standard InChI is InChI=1S/C15H19F3O2/c1-4-6-13(20-5-2)14(19)12-8-7-11(9-10(12)3)15(16,17)18/h7-9,13H,4-6H2,1-3H3. The summed E-state index contributed by atoms with van der Waals surface area (Å²) in [6, 6.07) is 3.18. The van der Waals surface area contributed by atoms with E-state index >= 15 is 0 Å². The smallest absolute Gasteiger partial charge is 0.370 e. The predicted octanol–water partition coefficient (Wildman–Crippen LogP) is 4.40. The van der Waals surface area contributed by atoms with Crippen LogP contribution in [-0.2, 0) is 10.9 Å². The minimum Gasteiger partial charge on any atom is -0.370 e. The molecule has 112 valence electrons. The van der Waals surface area contributed by atoms with Crippen LogP contribution in [0, 0.1) is 6.92 Å². The summed E-state index contributed by atoms with van der Waals surface area (Å²) >= 11 is 0. The van der Waals surface area contributed by atoms with Gasteiger partial charge in [-0.3, -0.25) is 4.79 Å². The summed E-state index contributed by atoms with van der Waals surface area (Å²) in [6.45, 7) is 5.63. The molecule has 5 heteroatoms. The Labute approximate surface area is 116 Å². The van der Waals surface area contributed by atoms with E-state index in [9.17, 15) is 18.0 Å². The Kier molecular flexibility index (Phi) is 5.74. The molecule has 0 aliphatic carbocycles. The molecule has 0 radical (unpaired) electrons. The minimum absolute atomic E-state index is 0.250. The Morgan fingerprint density at radius 1 is 1.30 bits per heavy atom. The zero-order valence-electron chi connectivity index (χ0n) is 11.9. The number of carbonyl (C=O) groups is 1. The Hall–Kier alpha value is -1.36. The van der Waals surface area contributed by atoms with E-state index in [0.29, 0.717) is 24.2 Å². The van der Waals surface area contributed by atoms with Crippen molar-refractivity contribution in [3.8, 4) is 0 Å². The van der Waals surface area contributed by atoms with Crippen LogP contribution in [-0.4, -0.2) is 18.5 Å². The average Bonchev–Trinajstić information content (AvgIpc) is 2.36. The number of hydrogen-bond acceptors (Lipinski definition) is 2. The monoisotopic (exact) mass is 288 g/mol. The van der Waals surface area contributed by atoms with E-state index in [1.165, 1.54) is 13.0 Å². The van der Waals surface area contributed by atoms with Crippen LogP contribution in [0.15, 0.2) is 18.2 Å².